The predicted octanol–water partition coefficient (Wildman–Crippen LogP) is 6.74. The van der Waals surface area contributed by atoms with Gasteiger partial charge in [-0.3, -0.25) is 24.4 Å². The fourth-order valence-electron chi connectivity index (χ4n) is 8.61. The Labute approximate surface area is 297 Å². The standard InChI is InChI=1S/C39H43BBrN3O5/c1-2-26-22-31-37(39(47)44(38(31)46)30-15-18-43(19-16-30)24-25-8-4-3-5-9-25)32-23-40(48)49-35(36(26)32)14-11-27(33-10-6-7-17-42-33)20-28-21-29(41)12-13-34(28)45/h3-10,12-13,17,20-21,30-32,35,37,45,48H,2,11,14-16,18-19,22-24H2,1H3/b27-20-/t31-,32+,35-,37-/m1/s1. The predicted molar refractivity (Wildman–Crippen MR) is 194 cm³/mol. The third-order valence-electron chi connectivity index (χ3n) is 10.9. The van der Waals surface area contributed by atoms with Crippen molar-refractivity contribution in [2.45, 2.75) is 70.5 Å². The number of pyridine rings is 1. The van der Waals surface area contributed by atoms with E-state index in [4.69, 9.17) is 4.65 Å². The molecule has 0 bridgehead atoms. The highest BCUT2D eigenvalue weighted by atomic mass is 79.9. The van der Waals surface area contributed by atoms with E-state index in [2.05, 4.69) is 57.0 Å². The molecule has 4 aliphatic rings. The Morgan fingerprint density at radius 2 is 1.82 bits per heavy atom. The van der Waals surface area contributed by atoms with Crippen molar-refractivity contribution in [3.05, 3.63) is 105 Å². The van der Waals surface area contributed by atoms with Crippen molar-refractivity contribution in [2.75, 3.05) is 13.1 Å². The lowest BCUT2D eigenvalue weighted by molar-refractivity contribution is -0.144. The Morgan fingerprint density at radius 3 is 2.55 bits per heavy atom. The average molecular weight is 725 g/mol. The number of imide groups is 1. The van der Waals surface area contributed by atoms with E-state index < -0.39 is 19.1 Å². The third-order valence-corrected chi connectivity index (χ3v) is 11.4. The van der Waals surface area contributed by atoms with Crippen molar-refractivity contribution in [3.63, 3.8) is 0 Å². The Hall–Kier alpha value is -3.57. The molecule has 8 nitrogen and oxygen atoms in total. The SMILES string of the molecule is CCC1=C2[C@@H](CC/C(=C/c3cc(Br)ccc3O)c3ccccn3)OB(O)C[C@@H]2[C@@H]2C(=O)N(C3CCN(Cc4ccccc4)CC3)C(=O)[C@@H]2C1. The summed E-state index contributed by atoms with van der Waals surface area (Å²) in [5.41, 5.74) is 5.95. The van der Waals surface area contributed by atoms with Crippen molar-refractivity contribution in [1.29, 1.82) is 0 Å². The van der Waals surface area contributed by atoms with E-state index in [0.717, 1.165) is 60.2 Å². The number of hydrogen-bond acceptors (Lipinski definition) is 7. The van der Waals surface area contributed by atoms with Gasteiger partial charge in [0.2, 0.25) is 11.8 Å². The highest BCUT2D eigenvalue weighted by Gasteiger charge is 2.58. The molecule has 7 rings (SSSR count). The number of halogens is 1. The second-order valence-electron chi connectivity index (χ2n) is 13.8. The number of piperidine rings is 1. The molecule has 10 heteroatoms. The molecule has 4 heterocycles. The van der Waals surface area contributed by atoms with Crippen LogP contribution in [0.5, 0.6) is 5.75 Å². The number of phenolic OH excluding ortho intramolecular Hbond substituents is 1. The zero-order chi connectivity index (χ0) is 34.1. The summed E-state index contributed by atoms with van der Waals surface area (Å²) in [7, 11) is -1.02. The minimum Gasteiger partial charge on any atom is -0.507 e. The maximum atomic E-state index is 14.3. The first kappa shape index (κ1) is 33.9. The highest BCUT2D eigenvalue weighted by Crippen LogP contribution is 2.52. The summed E-state index contributed by atoms with van der Waals surface area (Å²) < 4.78 is 7.12. The van der Waals surface area contributed by atoms with Gasteiger partial charge in [-0.05, 0) is 104 Å². The van der Waals surface area contributed by atoms with Gasteiger partial charge in [0.05, 0.1) is 23.6 Å². The van der Waals surface area contributed by atoms with Crippen LogP contribution in [0.4, 0.5) is 0 Å². The number of likely N-dealkylation sites (tertiary alicyclic amines) is 2. The van der Waals surface area contributed by atoms with Gasteiger partial charge in [0, 0.05) is 41.9 Å². The quantitative estimate of drug-likeness (QED) is 0.143. The van der Waals surface area contributed by atoms with Crippen molar-refractivity contribution < 1.29 is 24.4 Å². The zero-order valence-corrected chi connectivity index (χ0v) is 29.5. The van der Waals surface area contributed by atoms with Gasteiger partial charge in [-0.25, -0.2) is 0 Å². The van der Waals surface area contributed by atoms with E-state index in [1.807, 2.05) is 36.4 Å². The molecule has 2 amide bonds. The number of carbonyl (C=O) groups is 2. The summed E-state index contributed by atoms with van der Waals surface area (Å²) in [6, 6.07) is 21.4. The normalized spacial score (nSPS) is 25.2. The molecule has 3 aromatic rings. The van der Waals surface area contributed by atoms with Gasteiger partial charge < -0.3 is 14.8 Å². The highest BCUT2D eigenvalue weighted by molar-refractivity contribution is 9.10. The lowest BCUT2D eigenvalue weighted by atomic mass is 9.58. The number of aromatic hydroxyl groups is 1. The van der Waals surface area contributed by atoms with Crippen LogP contribution >= 0.6 is 15.9 Å². The third kappa shape index (κ3) is 7.06. The summed E-state index contributed by atoms with van der Waals surface area (Å²) in [4.78, 5) is 37.0. The van der Waals surface area contributed by atoms with Gasteiger partial charge in [-0.1, -0.05) is 64.8 Å². The largest absolute Gasteiger partial charge is 0.507 e. The summed E-state index contributed by atoms with van der Waals surface area (Å²) in [5.74, 6) is -1.02. The van der Waals surface area contributed by atoms with Crippen molar-refractivity contribution >= 4 is 46.5 Å². The first-order valence-corrected chi connectivity index (χ1v) is 18.4. The molecule has 1 aliphatic carbocycles. The molecule has 1 aromatic heterocycles. The summed E-state index contributed by atoms with van der Waals surface area (Å²) in [5, 5.41) is 21.7. The Morgan fingerprint density at radius 1 is 1.04 bits per heavy atom. The molecule has 3 saturated heterocycles. The monoisotopic (exact) mass is 723 g/mol. The Balaban J connectivity index is 1.10. The van der Waals surface area contributed by atoms with Crippen molar-refractivity contribution in [2.24, 2.45) is 17.8 Å². The molecule has 0 radical (unpaired) electrons. The zero-order valence-electron chi connectivity index (χ0n) is 27.9. The number of rotatable bonds is 9. The molecule has 3 aliphatic heterocycles. The number of amides is 2. The molecule has 2 aromatic carbocycles. The van der Waals surface area contributed by atoms with Gasteiger partial charge in [-0.15, -0.1) is 0 Å². The molecule has 3 fully saturated rings. The lowest BCUT2D eigenvalue weighted by Crippen LogP contribution is -2.48. The van der Waals surface area contributed by atoms with Crippen molar-refractivity contribution in [1.82, 2.24) is 14.8 Å². The number of allylic oxidation sites excluding steroid dienone is 2. The van der Waals surface area contributed by atoms with Crippen molar-refractivity contribution in [3.8, 4) is 5.75 Å². The van der Waals surface area contributed by atoms with Crippen LogP contribution in [0, 0.1) is 17.8 Å². The van der Waals surface area contributed by atoms with E-state index in [1.54, 1.807) is 23.2 Å². The van der Waals surface area contributed by atoms with Gasteiger partial charge in [0.25, 0.3) is 0 Å². The summed E-state index contributed by atoms with van der Waals surface area (Å²) >= 11 is 3.51. The molecular weight excluding hydrogens is 681 g/mol. The van der Waals surface area contributed by atoms with Gasteiger partial charge in [-0.2, -0.15) is 0 Å². The van der Waals surface area contributed by atoms with Crippen LogP contribution in [0.3, 0.4) is 0 Å². The van der Waals surface area contributed by atoms with Crippen LogP contribution in [-0.2, 0) is 20.8 Å². The summed E-state index contributed by atoms with van der Waals surface area (Å²) in [6.45, 7) is 4.67. The van der Waals surface area contributed by atoms with Gasteiger partial charge in [0.1, 0.15) is 5.75 Å². The minimum atomic E-state index is -1.02. The minimum absolute atomic E-state index is 0.0340. The second kappa shape index (κ2) is 14.7. The fourth-order valence-corrected chi connectivity index (χ4v) is 8.99. The second-order valence-corrected chi connectivity index (χ2v) is 14.8. The van der Waals surface area contributed by atoms with E-state index >= 15 is 0 Å². The molecule has 0 unspecified atom stereocenters. The van der Waals surface area contributed by atoms with E-state index in [-0.39, 0.29) is 35.4 Å². The maximum absolute atomic E-state index is 14.3. The topological polar surface area (TPSA) is 103 Å². The lowest BCUT2D eigenvalue weighted by Gasteiger charge is -2.43. The Kier molecular flexibility index (Phi) is 10.2. The fraction of sp³-hybridized carbons (Fsp3) is 0.410. The molecule has 49 heavy (non-hydrogen) atoms. The molecular formula is C39H43BBrN3O5. The molecule has 2 N–H and O–H groups in total. The van der Waals surface area contributed by atoms with Gasteiger partial charge in [0.15, 0.2) is 0 Å². The van der Waals surface area contributed by atoms with E-state index in [0.29, 0.717) is 31.1 Å². The first-order valence-electron chi connectivity index (χ1n) is 17.6. The number of benzene rings is 2. The van der Waals surface area contributed by atoms with Crippen LogP contribution in [0.2, 0.25) is 6.32 Å². The molecule has 4 atom stereocenters. The van der Waals surface area contributed by atoms with Crippen LogP contribution in [-0.4, -0.2) is 69.1 Å². The average Bonchev–Trinajstić information content (AvgIpc) is 3.37. The number of carbonyl (C=O) groups excluding carboxylic acids is 2. The maximum Gasteiger partial charge on any atom is 0.455 e. The van der Waals surface area contributed by atoms with Crippen LogP contribution in [0.15, 0.2) is 88.5 Å². The summed E-state index contributed by atoms with van der Waals surface area (Å²) in [6.07, 6.45) is 7.63. The van der Waals surface area contributed by atoms with Crippen LogP contribution in [0.1, 0.15) is 62.3 Å². The molecule has 254 valence electrons. The Bertz CT molecular complexity index is 1740. The van der Waals surface area contributed by atoms with E-state index in [1.165, 1.54) is 11.1 Å². The van der Waals surface area contributed by atoms with Gasteiger partial charge >= 0.3 is 7.12 Å². The molecule has 0 saturated carbocycles. The van der Waals surface area contributed by atoms with E-state index in [9.17, 15) is 19.7 Å². The number of phenols is 1. The van der Waals surface area contributed by atoms with Crippen LogP contribution in [0.25, 0.3) is 11.6 Å². The number of nitrogens with zero attached hydrogens (tertiary/aromatic N) is 3. The number of hydrogen-bond donors (Lipinski definition) is 2. The van der Waals surface area contributed by atoms with Crippen LogP contribution < -0.4 is 0 Å². The number of fused-ring (bicyclic) bond motifs is 3. The first-order chi connectivity index (χ1) is 23.8. The number of aromatic nitrogens is 1. The smallest absolute Gasteiger partial charge is 0.455 e. The molecule has 0 spiro atoms.